The smallest absolute Gasteiger partial charge is 0.322 e. The molecule has 0 aromatic heterocycles. The molecule has 1 saturated heterocycles. The van der Waals surface area contributed by atoms with Crippen LogP contribution in [0.3, 0.4) is 0 Å². The van der Waals surface area contributed by atoms with Crippen molar-refractivity contribution in [2.75, 3.05) is 37.1 Å². The number of nitrogens with zero attached hydrogens (tertiary/aromatic N) is 1. The fourth-order valence-electron chi connectivity index (χ4n) is 2.81. The summed E-state index contributed by atoms with van der Waals surface area (Å²) in [5.41, 5.74) is 0.573. The van der Waals surface area contributed by atoms with Gasteiger partial charge < -0.3 is 19.7 Å². The van der Waals surface area contributed by atoms with E-state index in [4.69, 9.17) is 9.47 Å². The minimum Gasteiger partial charge on any atom is -0.493 e. The number of urea groups is 1. The minimum absolute atomic E-state index is 0.0288. The van der Waals surface area contributed by atoms with Gasteiger partial charge in [0.1, 0.15) is 0 Å². The van der Waals surface area contributed by atoms with Crippen molar-refractivity contribution in [2.45, 2.75) is 26.3 Å². The van der Waals surface area contributed by atoms with Crippen LogP contribution < -0.4 is 14.8 Å². The molecule has 2 rings (SSSR count). The maximum atomic E-state index is 12.5. The number of methoxy groups -OCH3 is 1. The number of ether oxygens (including phenoxy) is 2. The lowest BCUT2D eigenvalue weighted by Crippen LogP contribution is -2.43. The van der Waals surface area contributed by atoms with E-state index in [0.717, 1.165) is 0 Å². The van der Waals surface area contributed by atoms with E-state index in [1.165, 1.54) is 0 Å². The summed E-state index contributed by atoms with van der Waals surface area (Å²) in [6.45, 7) is 4.63. The van der Waals surface area contributed by atoms with Gasteiger partial charge in [0.05, 0.1) is 25.2 Å². The molecule has 0 bridgehead atoms. The summed E-state index contributed by atoms with van der Waals surface area (Å²) in [5.74, 6) is 1.30. The summed E-state index contributed by atoms with van der Waals surface area (Å²) in [6, 6.07) is 4.55. The van der Waals surface area contributed by atoms with Crippen LogP contribution in [0, 0.1) is 0 Å². The van der Waals surface area contributed by atoms with Gasteiger partial charge in [-0.15, -0.1) is 0 Å². The second-order valence-electron chi connectivity index (χ2n) is 5.57. The summed E-state index contributed by atoms with van der Waals surface area (Å²) < 4.78 is 34.0. The molecule has 0 unspecified atom stereocenters. The number of amides is 2. The lowest BCUT2D eigenvalue weighted by atomic mass is 10.2. The predicted molar refractivity (Wildman–Crippen MR) is 92.6 cm³/mol. The quantitative estimate of drug-likeness (QED) is 0.844. The van der Waals surface area contributed by atoms with Crippen molar-refractivity contribution in [1.29, 1.82) is 0 Å². The van der Waals surface area contributed by atoms with Crippen molar-refractivity contribution in [1.82, 2.24) is 4.90 Å². The van der Waals surface area contributed by atoms with E-state index in [1.54, 1.807) is 30.2 Å². The molecule has 0 aliphatic carbocycles. The molecule has 1 fully saturated rings. The van der Waals surface area contributed by atoms with Crippen molar-refractivity contribution >= 4 is 21.6 Å². The van der Waals surface area contributed by atoms with Gasteiger partial charge in [-0.1, -0.05) is 0 Å². The zero-order chi connectivity index (χ0) is 17.7. The molecule has 0 radical (unpaired) electrons. The number of rotatable bonds is 6. The number of anilines is 1. The van der Waals surface area contributed by atoms with Gasteiger partial charge in [-0.3, -0.25) is 0 Å². The topological polar surface area (TPSA) is 84.9 Å². The zero-order valence-electron chi connectivity index (χ0n) is 14.2. The van der Waals surface area contributed by atoms with Crippen LogP contribution in [-0.4, -0.2) is 57.2 Å². The monoisotopic (exact) mass is 356 g/mol. The first-order valence-corrected chi connectivity index (χ1v) is 9.81. The SMILES string of the molecule is CCOc1cc(NC(=O)N(CC)[C@@H]2CCS(=O)(=O)C2)ccc1OC. The molecule has 134 valence electrons. The molecule has 1 heterocycles. The molecule has 24 heavy (non-hydrogen) atoms. The molecule has 1 aliphatic heterocycles. The normalized spacial score (nSPS) is 18.9. The van der Waals surface area contributed by atoms with Crippen molar-refractivity contribution in [2.24, 2.45) is 0 Å². The number of carbonyl (C=O) groups excluding carboxylic acids is 1. The van der Waals surface area contributed by atoms with Crippen molar-refractivity contribution in [3.8, 4) is 11.5 Å². The summed E-state index contributed by atoms with van der Waals surface area (Å²) in [6.07, 6.45) is 0.483. The Morgan fingerprint density at radius 1 is 1.33 bits per heavy atom. The third kappa shape index (κ3) is 4.31. The van der Waals surface area contributed by atoms with Gasteiger partial charge in [-0.2, -0.15) is 0 Å². The Hall–Kier alpha value is -1.96. The fraction of sp³-hybridized carbons (Fsp3) is 0.562. The number of hydrogen-bond donors (Lipinski definition) is 1. The number of carbonyl (C=O) groups is 1. The lowest BCUT2D eigenvalue weighted by Gasteiger charge is -2.27. The molecule has 1 atom stereocenters. The van der Waals surface area contributed by atoms with Crippen LogP contribution in [-0.2, 0) is 9.84 Å². The molecule has 7 nitrogen and oxygen atoms in total. The lowest BCUT2D eigenvalue weighted by molar-refractivity contribution is 0.197. The number of hydrogen-bond acceptors (Lipinski definition) is 5. The van der Waals surface area contributed by atoms with Gasteiger partial charge in [-0.05, 0) is 32.4 Å². The largest absolute Gasteiger partial charge is 0.493 e. The highest BCUT2D eigenvalue weighted by Gasteiger charge is 2.34. The Balaban J connectivity index is 2.11. The van der Waals surface area contributed by atoms with Crippen LogP contribution in [0.25, 0.3) is 0 Å². The van der Waals surface area contributed by atoms with Crippen LogP contribution >= 0.6 is 0 Å². The molecule has 1 N–H and O–H groups in total. The van der Waals surface area contributed by atoms with Crippen LogP contribution in [0.1, 0.15) is 20.3 Å². The third-order valence-electron chi connectivity index (χ3n) is 3.97. The minimum atomic E-state index is -3.04. The molecular formula is C16H24N2O5S. The summed E-state index contributed by atoms with van der Waals surface area (Å²) >= 11 is 0. The second-order valence-corrected chi connectivity index (χ2v) is 7.80. The molecule has 1 aromatic carbocycles. The number of sulfone groups is 1. The summed E-state index contributed by atoms with van der Waals surface area (Å²) in [5, 5.41) is 2.80. The van der Waals surface area contributed by atoms with Gasteiger partial charge in [0, 0.05) is 24.3 Å². The standard InChI is InChI=1S/C16H24N2O5S/c1-4-18(13-8-9-24(20,21)11-13)16(19)17-12-6-7-14(22-3)15(10-12)23-5-2/h6-7,10,13H,4-5,8-9,11H2,1-3H3,(H,17,19)/t13-/m1/s1. The number of benzene rings is 1. The summed E-state index contributed by atoms with van der Waals surface area (Å²) in [4.78, 5) is 14.1. The van der Waals surface area contributed by atoms with Crippen molar-refractivity contribution in [3.05, 3.63) is 18.2 Å². The second kappa shape index (κ2) is 7.74. The predicted octanol–water partition coefficient (Wildman–Crippen LogP) is 2.13. The Labute approximate surface area is 142 Å². The van der Waals surface area contributed by atoms with E-state index in [-0.39, 0.29) is 23.6 Å². The Morgan fingerprint density at radius 3 is 2.62 bits per heavy atom. The highest BCUT2D eigenvalue weighted by Crippen LogP contribution is 2.30. The first-order valence-electron chi connectivity index (χ1n) is 7.99. The van der Waals surface area contributed by atoms with E-state index in [2.05, 4.69) is 5.32 Å². The molecule has 0 spiro atoms. The average Bonchev–Trinajstić information content (AvgIpc) is 2.88. The Morgan fingerprint density at radius 2 is 2.08 bits per heavy atom. The average molecular weight is 356 g/mol. The van der Waals surface area contributed by atoms with E-state index < -0.39 is 9.84 Å². The van der Waals surface area contributed by atoms with E-state index in [0.29, 0.717) is 36.8 Å². The van der Waals surface area contributed by atoms with E-state index >= 15 is 0 Å². The number of nitrogens with one attached hydrogen (secondary N) is 1. The fourth-order valence-corrected chi connectivity index (χ4v) is 4.54. The van der Waals surface area contributed by atoms with Crippen LogP contribution in [0.4, 0.5) is 10.5 Å². The van der Waals surface area contributed by atoms with Gasteiger partial charge in [0.15, 0.2) is 21.3 Å². The molecule has 2 amide bonds. The van der Waals surface area contributed by atoms with Gasteiger partial charge in [0.25, 0.3) is 0 Å². The van der Waals surface area contributed by atoms with Crippen LogP contribution in [0.5, 0.6) is 11.5 Å². The van der Waals surface area contributed by atoms with Crippen LogP contribution in [0.15, 0.2) is 18.2 Å². The third-order valence-corrected chi connectivity index (χ3v) is 5.72. The molecule has 1 aliphatic rings. The first kappa shape index (κ1) is 18.4. The highest BCUT2D eigenvalue weighted by atomic mass is 32.2. The molecular weight excluding hydrogens is 332 g/mol. The van der Waals surface area contributed by atoms with Gasteiger partial charge in [-0.25, -0.2) is 13.2 Å². The van der Waals surface area contributed by atoms with E-state index in [9.17, 15) is 13.2 Å². The Kier molecular flexibility index (Phi) is 5.93. The maximum Gasteiger partial charge on any atom is 0.322 e. The first-order chi connectivity index (χ1) is 11.4. The zero-order valence-corrected chi connectivity index (χ0v) is 15.1. The van der Waals surface area contributed by atoms with Crippen molar-refractivity contribution < 1.29 is 22.7 Å². The summed E-state index contributed by atoms with van der Waals surface area (Å²) in [7, 11) is -1.49. The van der Waals surface area contributed by atoms with Crippen molar-refractivity contribution in [3.63, 3.8) is 0 Å². The maximum absolute atomic E-state index is 12.5. The van der Waals surface area contributed by atoms with Gasteiger partial charge in [0.2, 0.25) is 0 Å². The molecule has 1 aromatic rings. The molecule has 0 saturated carbocycles. The highest BCUT2D eigenvalue weighted by molar-refractivity contribution is 7.91. The van der Waals surface area contributed by atoms with E-state index in [1.807, 2.05) is 13.8 Å². The van der Waals surface area contributed by atoms with Crippen LogP contribution in [0.2, 0.25) is 0 Å². The Bertz CT molecular complexity index is 690. The molecule has 8 heteroatoms. The van der Waals surface area contributed by atoms with Gasteiger partial charge >= 0.3 is 6.03 Å².